The van der Waals surface area contributed by atoms with Gasteiger partial charge in [0.25, 0.3) is 0 Å². The molecule has 0 aliphatic carbocycles. The van der Waals surface area contributed by atoms with Crippen LogP contribution in [0.2, 0.25) is 0 Å². The maximum absolute atomic E-state index is 10.2. The largest absolute Gasteiger partial charge is 0.383 e. The van der Waals surface area contributed by atoms with Gasteiger partial charge in [-0.3, -0.25) is 0 Å². The van der Waals surface area contributed by atoms with E-state index in [0.717, 1.165) is 14.2 Å². The Labute approximate surface area is 106 Å². The van der Waals surface area contributed by atoms with Crippen molar-refractivity contribution >= 4 is 38.6 Å². The van der Waals surface area contributed by atoms with E-state index < -0.39 is 6.10 Å². The van der Waals surface area contributed by atoms with Gasteiger partial charge in [-0.1, -0.05) is 0 Å². The van der Waals surface area contributed by atoms with Crippen LogP contribution in [0.1, 0.15) is 26.3 Å². The average molecular weight is 303 g/mol. The summed E-state index contributed by atoms with van der Waals surface area (Å²) in [5, 5.41) is 10.2. The Morgan fingerprint density at radius 1 is 1.27 bits per heavy atom. The molecule has 0 saturated heterocycles. The lowest BCUT2D eigenvalue weighted by Crippen LogP contribution is -1.96. The molecule has 0 aliphatic heterocycles. The van der Waals surface area contributed by atoms with Gasteiger partial charge in [-0.15, -0.1) is 22.7 Å². The van der Waals surface area contributed by atoms with Crippen molar-refractivity contribution in [3.8, 4) is 0 Å². The number of hydrogen-bond donors (Lipinski definition) is 1. The van der Waals surface area contributed by atoms with E-state index in [0.29, 0.717) is 0 Å². The summed E-state index contributed by atoms with van der Waals surface area (Å²) < 4.78 is 1.06. The predicted octanol–water partition coefficient (Wildman–Crippen LogP) is 4.27. The van der Waals surface area contributed by atoms with Gasteiger partial charge in [0.1, 0.15) is 6.10 Å². The number of aliphatic hydroxyl groups excluding tert-OH is 1. The van der Waals surface area contributed by atoms with Gasteiger partial charge in [0.05, 0.1) is 3.79 Å². The molecule has 1 nitrogen and oxygen atoms in total. The highest BCUT2D eigenvalue weighted by atomic mass is 79.9. The third-order valence-electron chi connectivity index (χ3n) is 2.24. The summed E-state index contributed by atoms with van der Waals surface area (Å²) in [6.45, 7) is 4.12. The maximum atomic E-state index is 10.2. The quantitative estimate of drug-likeness (QED) is 0.878. The minimum atomic E-state index is -0.480. The van der Waals surface area contributed by atoms with E-state index in [4.69, 9.17) is 0 Å². The van der Waals surface area contributed by atoms with Gasteiger partial charge >= 0.3 is 0 Å². The van der Waals surface area contributed by atoms with Crippen LogP contribution in [0.25, 0.3) is 0 Å². The first kappa shape index (κ1) is 11.3. The molecule has 1 unspecified atom stereocenters. The molecule has 4 heteroatoms. The molecule has 2 aromatic heterocycles. The van der Waals surface area contributed by atoms with Gasteiger partial charge in [-0.25, -0.2) is 0 Å². The van der Waals surface area contributed by atoms with E-state index in [1.807, 2.05) is 12.1 Å². The molecule has 0 aromatic carbocycles. The van der Waals surface area contributed by atoms with Crippen molar-refractivity contribution in [2.45, 2.75) is 20.0 Å². The molecule has 15 heavy (non-hydrogen) atoms. The van der Waals surface area contributed by atoms with Crippen molar-refractivity contribution in [1.29, 1.82) is 0 Å². The summed E-state index contributed by atoms with van der Waals surface area (Å²) >= 11 is 6.72. The zero-order valence-electron chi connectivity index (χ0n) is 8.45. The third kappa shape index (κ3) is 2.33. The molecule has 0 saturated carbocycles. The van der Waals surface area contributed by atoms with Crippen molar-refractivity contribution in [2.75, 3.05) is 0 Å². The molecule has 0 bridgehead atoms. The molecule has 0 amide bonds. The maximum Gasteiger partial charge on any atom is 0.114 e. The first-order valence-electron chi connectivity index (χ1n) is 4.58. The Balaban J connectivity index is 2.35. The van der Waals surface area contributed by atoms with Gasteiger partial charge in [0, 0.05) is 14.6 Å². The van der Waals surface area contributed by atoms with Crippen LogP contribution in [0.4, 0.5) is 0 Å². The van der Waals surface area contributed by atoms with E-state index in [2.05, 4.69) is 35.8 Å². The number of rotatable bonds is 2. The number of aliphatic hydroxyl groups is 1. The highest BCUT2D eigenvalue weighted by molar-refractivity contribution is 9.11. The van der Waals surface area contributed by atoms with Crippen LogP contribution in [0, 0.1) is 13.8 Å². The van der Waals surface area contributed by atoms with Crippen molar-refractivity contribution in [2.24, 2.45) is 0 Å². The van der Waals surface area contributed by atoms with E-state index in [1.54, 1.807) is 22.7 Å². The summed E-state index contributed by atoms with van der Waals surface area (Å²) in [4.78, 5) is 3.43. The lowest BCUT2D eigenvalue weighted by Gasteiger charge is -2.07. The van der Waals surface area contributed by atoms with Crippen molar-refractivity contribution in [1.82, 2.24) is 0 Å². The van der Waals surface area contributed by atoms with Crippen LogP contribution in [-0.2, 0) is 0 Å². The van der Waals surface area contributed by atoms with Crippen LogP contribution >= 0.6 is 38.6 Å². The summed E-state index contributed by atoms with van der Waals surface area (Å²) in [6, 6.07) is 6.00. The second-order valence-electron chi connectivity index (χ2n) is 3.41. The third-order valence-corrected chi connectivity index (χ3v) is 4.90. The molecule has 0 spiro atoms. The Bertz CT molecular complexity index is 473. The number of halogens is 1. The Morgan fingerprint density at radius 3 is 2.47 bits per heavy atom. The zero-order valence-corrected chi connectivity index (χ0v) is 11.7. The lowest BCUT2D eigenvalue weighted by molar-refractivity contribution is 0.224. The molecule has 2 heterocycles. The fourth-order valence-electron chi connectivity index (χ4n) is 1.55. The van der Waals surface area contributed by atoms with E-state index in [9.17, 15) is 5.11 Å². The van der Waals surface area contributed by atoms with E-state index >= 15 is 0 Å². The molecule has 1 atom stereocenters. The molecule has 0 radical (unpaired) electrons. The normalized spacial score (nSPS) is 13.1. The smallest absolute Gasteiger partial charge is 0.114 e. The zero-order chi connectivity index (χ0) is 11.0. The Hall–Kier alpha value is -0.160. The number of thiophene rings is 2. The molecule has 2 aromatic rings. The first-order valence-corrected chi connectivity index (χ1v) is 7.01. The molecule has 80 valence electrons. The lowest BCUT2D eigenvalue weighted by atomic mass is 10.1. The van der Waals surface area contributed by atoms with Crippen LogP contribution in [0.15, 0.2) is 22.0 Å². The van der Waals surface area contributed by atoms with Crippen LogP contribution in [0.3, 0.4) is 0 Å². The topological polar surface area (TPSA) is 20.2 Å². The second kappa shape index (κ2) is 4.37. The van der Waals surface area contributed by atoms with Crippen LogP contribution in [-0.4, -0.2) is 5.11 Å². The van der Waals surface area contributed by atoms with Crippen LogP contribution < -0.4 is 0 Å². The highest BCUT2D eigenvalue weighted by Crippen LogP contribution is 2.35. The second-order valence-corrected chi connectivity index (χ2v) is 7.37. The van der Waals surface area contributed by atoms with Crippen LogP contribution in [0.5, 0.6) is 0 Å². The SMILES string of the molecule is Cc1cc(C(O)c2ccc(Br)s2)c(C)s1. The first-order chi connectivity index (χ1) is 7.08. The fourth-order valence-corrected chi connectivity index (χ4v) is 3.94. The van der Waals surface area contributed by atoms with Gasteiger partial charge < -0.3 is 5.11 Å². The minimum absolute atomic E-state index is 0.480. The van der Waals surface area contributed by atoms with Crippen molar-refractivity contribution in [3.05, 3.63) is 42.2 Å². The molecule has 2 rings (SSSR count). The van der Waals surface area contributed by atoms with Gasteiger partial charge in [-0.05, 0) is 53.5 Å². The summed E-state index contributed by atoms with van der Waals surface area (Å²) in [6.07, 6.45) is -0.480. The molecule has 1 N–H and O–H groups in total. The highest BCUT2D eigenvalue weighted by Gasteiger charge is 2.16. The number of hydrogen-bond acceptors (Lipinski definition) is 3. The Morgan fingerprint density at radius 2 is 2.00 bits per heavy atom. The van der Waals surface area contributed by atoms with Crippen molar-refractivity contribution in [3.63, 3.8) is 0 Å². The Kier molecular flexibility index (Phi) is 3.30. The van der Waals surface area contributed by atoms with E-state index in [-0.39, 0.29) is 0 Å². The van der Waals surface area contributed by atoms with E-state index in [1.165, 1.54) is 9.75 Å². The summed E-state index contributed by atoms with van der Waals surface area (Å²) in [7, 11) is 0. The fraction of sp³-hybridized carbons (Fsp3) is 0.273. The molecule has 0 fully saturated rings. The molecule has 0 aliphatic rings. The minimum Gasteiger partial charge on any atom is -0.383 e. The average Bonchev–Trinajstić information content (AvgIpc) is 2.71. The van der Waals surface area contributed by atoms with Gasteiger partial charge in [-0.2, -0.15) is 0 Å². The van der Waals surface area contributed by atoms with Crippen molar-refractivity contribution < 1.29 is 5.11 Å². The van der Waals surface area contributed by atoms with Gasteiger partial charge in [0.2, 0.25) is 0 Å². The molecular weight excluding hydrogens is 292 g/mol. The standard InChI is InChI=1S/C11H11BrOS2/c1-6-5-8(7(2)14-6)11(13)9-3-4-10(12)15-9/h3-5,11,13H,1-2H3. The summed E-state index contributed by atoms with van der Waals surface area (Å²) in [5.41, 5.74) is 1.03. The predicted molar refractivity (Wildman–Crippen MR) is 69.9 cm³/mol. The summed E-state index contributed by atoms with van der Waals surface area (Å²) in [5.74, 6) is 0. The molecular formula is C11H11BrOS2. The van der Waals surface area contributed by atoms with Gasteiger partial charge in [0.15, 0.2) is 0 Å². The monoisotopic (exact) mass is 302 g/mol. The number of aryl methyl sites for hydroxylation is 2.